The fourth-order valence-corrected chi connectivity index (χ4v) is 4.49. The first-order valence-corrected chi connectivity index (χ1v) is 10.5. The third-order valence-corrected chi connectivity index (χ3v) is 6.00. The highest BCUT2D eigenvalue weighted by molar-refractivity contribution is 5.79. The molecule has 2 aliphatic carbocycles. The van der Waals surface area contributed by atoms with Gasteiger partial charge in [0, 0.05) is 25.2 Å². The number of hydrogen-bond donors (Lipinski definition) is 1. The fraction of sp³-hybridized carbons (Fsp3) is 0.950. The Morgan fingerprint density at radius 2 is 1.38 bits per heavy atom. The number of carbonyl (C=O) groups is 1. The zero-order valence-electron chi connectivity index (χ0n) is 16.1. The van der Waals surface area contributed by atoms with E-state index in [1.165, 1.54) is 64.2 Å². The number of carbonyl (C=O) groups excluding carboxylic acids is 1. The van der Waals surface area contributed by atoms with Gasteiger partial charge in [0.1, 0.15) is 0 Å². The molecule has 24 heavy (non-hydrogen) atoms. The van der Waals surface area contributed by atoms with E-state index in [0.717, 1.165) is 26.2 Å². The van der Waals surface area contributed by atoms with Gasteiger partial charge >= 0.3 is 0 Å². The molecule has 0 spiro atoms. The van der Waals surface area contributed by atoms with Gasteiger partial charge in [0.05, 0.1) is 6.54 Å². The maximum atomic E-state index is 13.0. The summed E-state index contributed by atoms with van der Waals surface area (Å²) in [5.41, 5.74) is 0. The van der Waals surface area contributed by atoms with Crippen LogP contribution < -0.4 is 5.32 Å². The van der Waals surface area contributed by atoms with E-state index in [2.05, 4.69) is 29.0 Å². The van der Waals surface area contributed by atoms with Crippen LogP contribution in [0.2, 0.25) is 0 Å². The molecule has 0 radical (unpaired) electrons. The van der Waals surface area contributed by atoms with Gasteiger partial charge in [-0.2, -0.15) is 0 Å². The van der Waals surface area contributed by atoms with E-state index >= 15 is 0 Å². The van der Waals surface area contributed by atoms with Gasteiger partial charge in [-0.15, -0.1) is 0 Å². The normalized spacial score (nSPS) is 20.5. The summed E-state index contributed by atoms with van der Waals surface area (Å²) < 4.78 is 0. The molecule has 1 N–H and O–H groups in total. The second-order valence-corrected chi connectivity index (χ2v) is 7.59. The summed E-state index contributed by atoms with van der Waals surface area (Å²) in [4.78, 5) is 17.7. The molecular weight excluding hydrogens is 298 g/mol. The average molecular weight is 338 g/mol. The van der Waals surface area contributed by atoms with Crippen molar-refractivity contribution in [1.29, 1.82) is 0 Å². The van der Waals surface area contributed by atoms with Gasteiger partial charge in [0.2, 0.25) is 5.91 Å². The van der Waals surface area contributed by atoms with Gasteiger partial charge in [-0.25, -0.2) is 0 Å². The first-order valence-electron chi connectivity index (χ1n) is 10.5. The molecule has 0 heterocycles. The molecule has 2 aliphatic rings. The van der Waals surface area contributed by atoms with E-state index in [-0.39, 0.29) is 0 Å². The summed E-state index contributed by atoms with van der Waals surface area (Å²) in [6.45, 7) is 9.04. The Morgan fingerprint density at radius 3 is 1.83 bits per heavy atom. The number of hydrogen-bond acceptors (Lipinski definition) is 3. The molecule has 0 atom stereocenters. The number of amides is 1. The lowest BCUT2D eigenvalue weighted by Crippen LogP contribution is -2.51. The van der Waals surface area contributed by atoms with Crippen LogP contribution in [0.5, 0.6) is 0 Å². The van der Waals surface area contributed by atoms with Crippen LogP contribution in [-0.4, -0.2) is 60.5 Å². The van der Waals surface area contributed by atoms with Crippen molar-refractivity contribution in [2.24, 2.45) is 0 Å². The summed E-state index contributed by atoms with van der Waals surface area (Å²) in [7, 11) is 0. The summed E-state index contributed by atoms with van der Waals surface area (Å²) in [6.07, 6.45) is 12.8. The van der Waals surface area contributed by atoms with Gasteiger partial charge in [-0.3, -0.25) is 4.79 Å². The highest BCUT2D eigenvalue weighted by Gasteiger charge is 2.31. The van der Waals surface area contributed by atoms with E-state index in [1.54, 1.807) is 0 Å². The summed E-state index contributed by atoms with van der Waals surface area (Å²) in [6, 6.07) is 1.03. The van der Waals surface area contributed by atoms with Crippen LogP contribution in [-0.2, 0) is 4.79 Å². The van der Waals surface area contributed by atoms with Crippen LogP contribution in [0.4, 0.5) is 0 Å². The summed E-state index contributed by atoms with van der Waals surface area (Å²) in [5, 5.41) is 3.41. The van der Waals surface area contributed by atoms with Crippen LogP contribution >= 0.6 is 0 Å². The van der Waals surface area contributed by atoms with Crippen LogP contribution in [0.25, 0.3) is 0 Å². The van der Waals surface area contributed by atoms with Gasteiger partial charge in [0.25, 0.3) is 0 Å². The Hall–Kier alpha value is -0.610. The lowest BCUT2D eigenvalue weighted by atomic mass is 9.88. The van der Waals surface area contributed by atoms with Crippen molar-refractivity contribution in [3.05, 3.63) is 0 Å². The van der Waals surface area contributed by atoms with Crippen LogP contribution in [0.1, 0.15) is 78.1 Å². The van der Waals surface area contributed by atoms with Crippen molar-refractivity contribution in [2.75, 3.05) is 32.7 Å². The maximum Gasteiger partial charge on any atom is 0.237 e. The molecule has 140 valence electrons. The minimum Gasteiger partial charge on any atom is -0.336 e. The molecule has 0 aromatic heterocycles. The Kier molecular flexibility index (Phi) is 9.11. The standard InChI is InChI=1S/C20H39N3O/c1-3-22(4-2)16-15-21-17-20(24)23(18-11-7-5-8-12-18)19-13-9-6-10-14-19/h18-19,21H,3-17H2,1-2H3. The zero-order chi connectivity index (χ0) is 17.2. The van der Waals surface area contributed by atoms with Gasteiger partial charge in [-0.1, -0.05) is 52.4 Å². The highest BCUT2D eigenvalue weighted by atomic mass is 16.2. The Bertz CT molecular complexity index is 327. The fourth-order valence-electron chi connectivity index (χ4n) is 4.49. The van der Waals surface area contributed by atoms with Crippen LogP contribution in [0.15, 0.2) is 0 Å². The molecule has 2 fully saturated rings. The summed E-state index contributed by atoms with van der Waals surface area (Å²) in [5.74, 6) is 0.355. The molecule has 0 unspecified atom stereocenters. The average Bonchev–Trinajstić information content (AvgIpc) is 2.64. The second kappa shape index (κ2) is 11.1. The predicted octanol–water partition coefficient (Wildman–Crippen LogP) is 3.41. The van der Waals surface area contributed by atoms with E-state index in [1.807, 2.05) is 0 Å². The maximum absolute atomic E-state index is 13.0. The topological polar surface area (TPSA) is 35.6 Å². The Labute approximate surface area is 149 Å². The molecule has 0 aromatic carbocycles. The molecule has 0 saturated heterocycles. The largest absolute Gasteiger partial charge is 0.336 e. The highest BCUT2D eigenvalue weighted by Crippen LogP contribution is 2.30. The molecule has 1 amide bonds. The first-order chi connectivity index (χ1) is 11.8. The SMILES string of the molecule is CCN(CC)CCNCC(=O)N(C1CCCCC1)C1CCCCC1. The summed E-state index contributed by atoms with van der Waals surface area (Å²) >= 11 is 0. The Balaban J connectivity index is 1.84. The molecule has 2 rings (SSSR count). The molecule has 0 aromatic rings. The Morgan fingerprint density at radius 1 is 0.875 bits per heavy atom. The quantitative estimate of drug-likeness (QED) is 0.655. The number of nitrogens with zero attached hydrogens (tertiary/aromatic N) is 2. The second-order valence-electron chi connectivity index (χ2n) is 7.59. The van der Waals surface area contributed by atoms with Crippen molar-refractivity contribution in [3.8, 4) is 0 Å². The van der Waals surface area contributed by atoms with E-state index < -0.39 is 0 Å². The zero-order valence-corrected chi connectivity index (χ0v) is 16.1. The third kappa shape index (κ3) is 6.03. The molecule has 4 heteroatoms. The molecule has 4 nitrogen and oxygen atoms in total. The van der Waals surface area contributed by atoms with Gasteiger partial charge < -0.3 is 15.1 Å². The molecule has 0 bridgehead atoms. The monoisotopic (exact) mass is 337 g/mol. The molecular formula is C20H39N3O. The van der Waals surface area contributed by atoms with Crippen molar-refractivity contribution < 1.29 is 4.79 Å². The van der Waals surface area contributed by atoms with Gasteiger partial charge in [-0.05, 0) is 38.8 Å². The van der Waals surface area contributed by atoms with Crippen molar-refractivity contribution in [1.82, 2.24) is 15.1 Å². The van der Waals surface area contributed by atoms with Crippen molar-refractivity contribution in [3.63, 3.8) is 0 Å². The van der Waals surface area contributed by atoms with E-state index in [0.29, 0.717) is 24.5 Å². The van der Waals surface area contributed by atoms with Crippen LogP contribution in [0.3, 0.4) is 0 Å². The predicted molar refractivity (Wildman–Crippen MR) is 101 cm³/mol. The number of nitrogens with one attached hydrogen (secondary N) is 1. The van der Waals surface area contributed by atoms with Crippen molar-refractivity contribution >= 4 is 5.91 Å². The van der Waals surface area contributed by atoms with Gasteiger partial charge in [0.15, 0.2) is 0 Å². The smallest absolute Gasteiger partial charge is 0.237 e. The third-order valence-electron chi connectivity index (χ3n) is 6.00. The lowest BCUT2D eigenvalue weighted by molar-refractivity contribution is -0.137. The van der Waals surface area contributed by atoms with Crippen molar-refractivity contribution in [2.45, 2.75) is 90.1 Å². The lowest BCUT2D eigenvalue weighted by Gasteiger charge is -2.42. The number of likely N-dealkylation sites (N-methyl/N-ethyl adjacent to an activating group) is 1. The first kappa shape index (κ1) is 19.7. The van der Waals surface area contributed by atoms with E-state index in [9.17, 15) is 4.79 Å². The molecule has 0 aliphatic heterocycles. The minimum absolute atomic E-state index is 0.355. The number of rotatable bonds is 9. The minimum atomic E-state index is 0.355. The van der Waals surface area contributed by atoms with Crippen LogP contribution in [0, 0.1) is 0 Å². The van der Waals surface area contributed by atoms with E-state index in [4.69, 9.17) is 0 Å². The molecule has 2 saturated carbocycles.